The van der Waals surface area contributed by atoms with Gasteiger partial charge in [-0.3, -0.25) is 0 Å². The van der Waals surface area contributed by atoms with Gasteiger partial charge in [0.15, 0.2) is 0 Å². The third-order valence-electron chi connectivity index (χ3n) is 14.3. The van der Waals surface area contributed by atoms with Crippen molar-refractivity contribution in [2.75, 3.05) is 4.90 Å². The first-order valence-corrected chi connectivity index (χ1v) is 22.4. The normalized spacial score (nSPS) is 19.0. The summed E-state index contributed by atoms with van der Waals surface area (Å²) in [5.41, 5.74) is 19.0. The molecule has 0 spiro atoms. The van der Waals surface area contributed by atoms with Crippen molar-refractivity contribution in [3.05, 3.63) is 270 Å². The quantitative estimate of drug-likeness (QED) is 0.163. The zero-order valence-corrected chi connectivity index (χ0v) is 34.9. The summed E-state index contributed by atoms with van der Waals surface area (Å²) in [4.78, 5) is 2.72. The zero-order chi connectivity index (χ0) is 41.5. The first-order chi connectivity index (χ1) is 31.3. The van der Waals surface area contributed by atoms with E-state index >= 15 is 0 Å². The van der Waals surface area contributed by atoms with Crippen molar-refractivity contribution in [2.45, 2.75) is 29.8 Å². The molecule has 8 aromatic carbocycles. The molecule has 0 N–H and O–H groups in total. The van der Waals surface area contributed by atoms with E-state index < -0.39 is 0 Å². The summed E-state index contributed by atoms with van der Waals surface area (Å²) in [6, 6.07) is 74.6. The molecule has 2 heteroatoms. The van der Waals surface area contributed by atoms with Gasteiger partial charge in [0.05, 0.1) is 28.5 Å². The lowest BCUT2D eigenvalue weighted by atomic mass is 9.66. The number of para-hydroxylation sites is 1. The van der Waals surface area contributed by atoms with Crippen LogP contribution in [0.25, 0.3) is 55.3 Å². The summed E-state index contributed by atoms with van der Waals surface area (Å²) < 4.78 is 2.43. The molecule has 0 saturated heterocycles. The smallest absolute Gasteiger partial charge is 0.0710 e. The van der Waals surface area contributed by atoms with Crippen molar-refractivity contribution in [3.63, 3.8) is 0 Å². The monoisotopic (exact) mass is 804 g/mol. The third-order valence-corrected chi connectivity index (χ3v) is 14.3. The Hall–Kier alpha value is -7.68. The second-order valence-electron chi connectivity index (χ2n) is 17.5. The van der Waals surface area contributed by atoms with Crippen LogP contribution < -0.4 is 4.90 Å². The van der Waals surface area contributed by atoms with Crippen molar-refractivity contribution in [1.29, 1.82) is 0 Å². The first kappa shape index (κ1) is 36.0. The molecule has 2 nitrogen and oxygen atoms in total. The van der Waals surface area contributed by atoms with E-state index in [1.807, 2.05) is 0 Å². The van der Waals surface area contributed by atoms with Crippen molar-refractivity contribution >= 4 is 33.1 Å². The summed E-state index contributed by atoms with van der Waals surface area (Å²) in [6.07, 6.45) is 15.5. The molecule has 0 radical (unpaired) electrons. The Morgan fingerprint density at radius 1 is 0.492 bits per heavy atom. The topological polar surface area (TPSA) is 8.17 Å². The predicted octanol–water partition coefficient (Wildman–Crippen LogP) is 14.6. The van der Waals surface area contributed by atoms with E-state index in [9.17, 15) is 0 Å². The minimum atomic E-state index is -0.372. The number of aromatic nitrogens is 1. The van der Waals surface area contributed by atoms with Crippen molar-refractivity contribution in [3.8, 4) is 27.9 Å². The fraction of sp³-hybridized carbons (Fsp3) is 0.0820. The molecule has 0 saturated carbocycles. The zero-order valence-electron chi connectivity index (χ0n) is 34.9. The maximum absolute atomic E-state index is 2.72. The number of hydrogen-bond acceptors (Lipinski definition) is 1. The SMILES string of the molecule is C1=CC2c3cc(-c4ccc5c(c4)c4ccccc4n5-c4cccc(-c5ccccc5)c4)ccc3N(C3C=C4C(=CC3)C(c3ccccc3)(c3ccccc3)c3ccccc34)C2C=C1. The Morgan fingerprint density at radius 2 is 1.14 bits per heavy atom. The van der Waals surface area contributed by atoms with Crippen molar-refractivity contribution < 1.29 is 0 Å². The molecule has 0 amide bonds. The number of nitrogens with zero attached hydrogens (tertiary/aromatic N) is 2. The Labute approximate surface area is 368 Å². The predicted molar refractivity (Wildman–Crippen MR) is 263 cm³/mol. The highest BCUT2D eigenvalue weighted by Gasteiger charge is 2.50. The average molecular weight is 805 g/mol. The summed E-state index contributed by atoms with van der Waals surface area (Å²) in [6.45, 7) is 0. The number of fused-ring (bicyclic) bond motifs is 9. The molecule has 3 atom stereocenters. The number of allylic oxidation sites excluding steroid dienone is 4. The summed E-state index contributed by atoms with van der Waals surface area (Å²) >= 11 is 0. The van der Waals surface area contributed by atoms with E-state index in [0.29, 0.717) is 0 Å². The number of benzene rings is 8. The van der Waals surface area contributed by atoms with Crippen LogP contribution in [0.1, 0.15) is 40.2 Å². The van der Waals surface area contributed by atoms with Crippen LogP contribution in [0.4, 0.5) is 5.69 Å². The van der Waals surface area contributed by atoms with Crippen LogP contribution >= 0.6 is 0 Å². The molecular formula is C61H44N2. The van der Waals surface area contributed by atoms with Gasteiger partial charge < -0.3 is 9.47 Å². The highest BCUT2D eigenvalue weighted by Crippen LogP contribution is 2.59. The average Bonchev–Trinajstić information content (AvgIpc) is 3.98. The van der Waals surface area contributed by atoms with E-state index in [1.165, 1.54) is 94.4 Å². The van der Waals surface area contributed by atoms with E-state index in [-0.39, 0.29) is 23.4 Å². The summed E-state index contributed by atoms with van der Waals surface area (Å²) in [7, 11) is 0. The highest BCUT2D eigenvalue weighted by atomic mass is 15.2. The van der Waals surface area contributed by atoms with Crippen molar-refractivity contribution in [1.82, 2.24) is 4.57 Å². The fourth-order valence-electron chi connectivity index (χ4n) is 11.7. The molecule has 3 aliphatic carbocycles. The van der Waals surface area contributed by atoms with Crippen molar-refractivity contribution in [2.24, 2.45) is 0 Å². The molecule has 13 rings (SSSR count). The lowest BCUT2D eigenvalue weighted by molar-refractivity contribution is 0.610. The van der Waals surface area contributed by atoms with Gasteiger partial charge in [0, 0.05) is 28.1 Å². The molecule has 0 bridgehead atoms. The van der Waals surface area contributed by atoms with E-state index in [0.717, 1.165) is 6.42 Å². The second-order valence-corrected chi connectivity index (χ2v) is 17.5. The van der Waals surface area contributed by atoms with Gasteiger partial charge in [-0.25, -0.2) is 0 Å². The van der Waals surface area contributed by atoms with Crippen LogP contribution in [-0.4, -0.2) is 16.7 Å². The Bertz CT molecular complexity index is 3340. The Balaban J connectivity index is 0.901. The number of hydrogen-bond donors (Lipinski definition) is 0. The highest BCUT2D eigenvalue weighted by molar-refractivity contribution is 6.10. The molecule has 2 heterocycles. The second kappa shape index (κ2) is 14.2. The summed E-state index contributed by atoms with van der Waals surface area (Å²) in [5, 5.41) is 2.53. The van der Waals surface area contributed by atoms with Gasteiger partial charge in [0.2, 0.25) is 0 Å². The van der Waals surface area contributed by atoms with Gasteiger partial charge in [0.25, 0.3) is 0 Å². The van der Waals surface area contributed by atoms with E-state index in [2.05, 4.69) is 246 Å². The number of rotatable bonds is 6. The molecule has 9 aromatic rings. The molecule has 298 valence electrons. The Morgan fingerprint density at radius 3 is 1.97 bits per heavy atom. The van der Waals surface area contributed by atoms with Crippen LogP contribution in [-0.2, 0) is 5.41 Å². The van der Waals surface area contributed by atoms with E-state index in [1.54, 1.807) is 0 Å². The third kappa shape index (κ3) is 5.38. The van der Waals surface area contributed by atoms with E-state index in [4.69, 9.17) is 0 Å². The van der Waals surface area contributed by atoms with Crippen LogP contribution in [0.3, 0.4) is 0 Å². The van der Waals surface area contributed by atoms with Gasteiger partial charge >= 0.3 is 0 Å². The minimum absolute atomic E-state index is 0.206. The maximum atomic E-state index is 2.72. The van der Waals surface area contributed by atoms with Gasteiger partial charge in [-0.2, -0.15) is 0 Å². The molecule has 1 aliphatic heterocycles. The summed E-state index contributed by atoms with van der Waals surface area (Å²) in [5.74, 6) is 0.278. The van der Waals surface area contributed by atoms with Crippen LogP contribution in [0.15, 0.2) is 242 Å². The first-order valence-electron chi connectivity index (χ1n) is 22.4. The van der Waals surface area contributed by atoms with Gasteiger partial charge in [-0.1, -0.05) is 194 Å². The minimum Gasteiger partial charge on any atom is -0.357 e. The van der Waals surface area contributed by atoms with Gasteiger partial charge in [-0.05, 0) is 110 Å². The molecule has 0 fully saturated rings. The number of anilines is 1. The molecular weight excluding hydrogens is 761 g/mol. The molecule has 3 unspecified atom stereocenters. The molecule has 63 heavy (non-hydrogen) atoms. The molecule has 1 aromatic heterocycles. The fourth-order valence-corrected chi connectivity index (χ4v) is 11.7. The van der Waals surface area contributed by atoms with Crippen LogP contribution in [0, 0.1) is 0 Å². The van der Waals surface area contributed by atoms with Gasteiger partial charge in [-0.15, -0.1) is 0 Å². The lowest BCUT2D eigenvalue weighted by Gasteiger charge is -2.39. The Kier molecular flexibility index (Phi) is 8.11. The standard InChI is InChI=1S/C61H44N2/c1-4-17-41(18-5-1)42-19-16-24-47(37-42)62-57-29-14-11-26-50(57)53-38-43(31-35-59(53)62)44-32-36-60-54(39-44)51-27-12-15-30-58(51)63(60)48-33-34-56-52(40-48)49-25-10-13-28-55(49)61(56,45-20-6-2-7-21-45)46-22-8-3-9-23-46/h1-32,34-40,48,51,58H,33H2. The largest absolute Gasteiger partial charge is 0.357 e. The lowest BCUT2D eigenvalue weighted by Crippen LogP contribution is -2.41. The molecule has 4 aliphatic rings. The van der Waals surface area contributed by atoms with Gasteiger partial charge in [0.1, 0.15) is 0 Å². The van der Waals surface area contributed by atoms with Crippen LogP contribution in [0.2, 0.25) is 0 Å². The maximum Gasteiger partial charge on any atom is 0.0710 e. The van der Waals surface area contributed by atoms with Crippen LogP contribution in [0.5, 0.6) is 0 Å².